The summed E-state index contributed by atoms with van der Waals surface area (Å²) in [7, 11) is 3.50. The molecule has 4 nitrogen and oxygen atoms in total. The van der Waals surface area contributed by atoms with Gasteiger partial charge in [-0.25, -0.2) is 0 Å². The molecule has 5 aromatic carbocycles. The number of methoxy groups -OCH3 is 2. The molecule has 0 bridgehead atoms. The summed E-state index contributed by atoms with van der Waals surface area (Å²) in [6, 6.07) is 29.6. The molecule has 0 aliphatic heterocycles. The maximum Gasteiger partial charge on any atom is 0.150 e. The van der Waals surface area contributed by atoms with Crippen LogP contribution in [0, 0.1) is 0 Å². The Morgan fingerprint density at radius 1 is 0.478 bits per heavy atom. The van der Waals surface area contributed by atoms with E-state index in [1.807, 2.05) is 24.3 Å². The normalized spacial score (nSPS) is 11.7. The van der Waals surface area contributed by atoms with Gasteiger partial charge < -0.3 is 9.47 Å². The Labute approximate surface area is 271 Å². The van der Waals surface area contributed by atoms with Crippen LogP contribution in [-0.4, -0.2) is 26.8 Å². The van der Waals surface area contributed by atoms with Crippen LogP contribution in [0.4, 0.5) is 0 Å². The SMILES string of the molecule is COc1cc(CCCCc2ccc3c(c2)-c2c(C=O)cccc2-3)c(OC)cc1CCCCc1ccc2c(c1)-c1c(C=O)cccc1-2. The number of unbranched alkanes of at least 4 members (excludes halogenated alkanes) is 2. The molecule has 0 saturated carbocycles. The minimum atomic E-state index is 0.775. The lowest BCUT2D eigenvalue weighted by Crippen LogP contribution is -2.04. The van der Waals surface area contributed by atoms with Crippen LogP contribution in [-0.2, 0) is 25.7 Å². The van der Waals surface area contributed by atoms with Gasteiger partial charge in [0, 0.05) is 22.3 Å². The van der Waals surface area contributed by atoms with E-state index in [0.717, 1.165) is 97.7 Å². The van der Waals surface area contributed by atoms with Crippen molar-refractivity contribution in [2.45, 2.75) is 51.4 Å². The highest BCUT2D eigenvalue weighted by Crippen LogP contribution is 2.50. The zero-order chi connectivity index (χ0) is 31.6. The second-order valence-electron chi connectivity index (χ2n) is 12.4. The van der Waals surface area contributed by atoms with E-state index in [1.54, 1.807) is 14.2 Å². The van der Waals surface area contributed by atoms with Crippen molar-refractivity contribution in [2.75, 3.05) is 14.2 Å². The molecular formula is C42H38O4. The highest BCUT2D eigenvalue weighted by molar-refractivity contribution is 6.09. The lowest BCUT2D eigenvalue weighted by Gasteiger charge is -2.26. The summed E-state index contributed by atoms with van der Waals surface area (Å²) in [4.78, 5) is 23.1. The van der Waals surface area contributed by atoms with Gasteiger partial charge in [-0.15, -0.1) is 0 Å². The highest BCUT2D eigenvalue weighted by Gasteiger charge is 2.26. The Hall–Kier alpha value is -4.96. The Balaban J connectivity index is 0.928. The van der Waals surface area contributed by atoms with Gasteiger partial charge in [-0.2, -0.15) is 0 Å². The van der Waals surface area contributed by atoms with E-state index in [9.17, 15) is 9.59 Å². The van der Waals surface area contributed by atoms with E-state index in [1.165, 1.54) is 55.6 Å². The average Bonchev–Trinajstić information content (AvgIpc) is 3.09. The van der Waals surface area contributed by atoms with Crippen LogP contribution in [0.2, 0.25) is 0 Å². The molecule has 0 unspecified atom stereocenters. The molecule has 0 heterocycles. The fourth-order valence-electron chi connectivity index (χ4n) is 7.34. The van der Waals surface area contributed by atoms with Gasteiger partial charge in [0.25, 0.3) is 0 Å². The third-order valence-electron chi connectivity index (χ3n) is 9.74. The summed E-state index contributed by atoms with van der Waals surface area (Å²) in [6.07, 6.45) is 10.0. The molecular weight excluding hydrogens is 568 g/mol. The van der Waals surface area contributed by atoms with E-state index in [-0.39, 0.29) is 0 Å². The van der Waals surface area contributed by atoms with Gasteiger partial charge in [0.2, 0.25) is 0 Å². The van der Waals surface area contributed by atoms with Crippen molar-refractivity contribution in [3.05, 3.63) is 118 Å². The zero-order valence-electron chi connectivity index (χ0n) is 26.5. The number of hydrogen-bond donors (Lipinski definition) is 0. The molecule has 46 heavy (non-hydrogen) atoms. The zero-order valence-corrected chi connectivity index (χ0v) is 26.5. The topological polar surface area (TPSA) is 52.6 Å². The van der Waals surface area contributed by atoms with Crippen LogP contribution >= 0.6 is 0 Å². The quantitative estimate of drug-likeness (QED) is 0.0914. The third-order valence-corrected chi connectivity index (χ3v) is 9.74. The van der Waals surface area contributed by atoms with Gasteiger partial charge in [-0.05, 0) is 119 Å². The molecule has 0 spiro atoms. The first-order valence-corrected chi connectivity index (χ1v) is 16.3. The largest absolute Gasteiger partial charge is 0.496 e. The number of rotatable bonds is 14. The van der Waals surface area contributed by atoms with Gasteiger partial charge in [-0.1, -0.05) is 72.8 Å². The molecule has 0 N–H and O–H groups in total. The minimum absolute atomic E-state index is 0.775. The fourth-order valence-corrected chi connectivity index (χ4v) is 7.34. The number of carbonyl (C=O) groups is 2. The molecule has 0 saturated heterocycles. The number of ether oxygens (including phenoxy) is 2. The number of fused-ring (bicyclic) bond motifs is 8. The summed E-state index contributed by atoms with van der Waals surface area (Å²) < 4.78 is 11.7. The van der Waals surface area contributed by atoms with Crippen molar-refractivity contribution in [2.24, 2.45) is 0 Å². The van der Waals surface area contributed by atoms with Gasteiger partial charge in [-0.3, -0.25) is 9.59 Å². The molecule has 5 aromatic rings. The summed E-state index contributed by atoms with van der Waals surface area (Å²) in [5.41, 5.74) is 16.0. The molecule has 2 aliphatic rings. The second-order valence-corrected chi connectivity index (χ2v) is 12.4. The lowest BCUT2D eigenvalue weighted by molar-refractivity contribution is 0.111. The van der Waals surface area contributed by atoms with E-state index in [4.69, 9.17) is 9.47 Å². The predicted octanol–water partition coefficient (Wildman–Crippen LogP) is 9.75. The van der Waals surface area contributed by atoms with Crippen molar-refractivity contribution < 1.29 is 19.1 Å². The van der Waals surface area contributed by atoms with Crippen LogP contribution in [0.1, 0.15) is 68.7 Å². The number of aryl methyl sites for hydroxylation is 4. The van der Waals surface area contributed by atoms with E-state index < -0.39 is 0 Å². The molecule has 4 heteroatoms. The van der Waals surface area contributed by atoms with E-state index in [0.29, 0.717) is 0 Å². The molecule has 0 atom stereocenters. The summed E-state index contributed by atoms with van der Waals surface area (Å²) in [6.45, 7) is 0. The fraction of sp³-hybridized carbons (Fsp3) is 0.238. The smallest absolute Gasteiger partial charge is 0.150 e. The van der Waals surface area contributed by atoms with Crippen LogP contribution in [0.25, 0.3) is 44.5 Å². The first kappa shape index (κ1) is 29.7. The van der Waals surface area contributed by atoms with E-state index >= 15 is 0 Å². The first-order chi connectivity index (χ1) is 22.6. The highest BCUT2D eigenvalue weighted by atomic mass is 16.5. The van der Waals surface area contributed by atoms with Gasteiger partial charge in [0.15, 0.2) is 12.6 Å². The van der Waals surface area contributed by atoms with Crippen molar-refractivity contribution in [3.8, 4) is 56.0 Å². The number of aldehydes is 2. The molecule has 230 valence electrons. The van der Waals surface area contributed by atoms with Crippen LogP contribution in [0.3, 0.4) is 0 Å². The second kappa shape index (κ2) is 12.8. The standard InChI is InChI=1S/C42H38O4/c1-45-39-23-30(12-6-4-10-28-18-20-34-36-16-8-14-32(26-44)42(36)38(34)22-28)40(46-2)24-29(39)11-5-3-9-27-17-19-33-35-15-7-13-31(25-43)41(35)37(33)21-27/h7-8,13-26H,3-6,9-12H2,1-2H3. The molecule has 0 fully saturated rings. The predicted molar refractivity (Wildman–Crippen MR) is 185 cm³/mol. The molecule has 0 radical (unpaired) electrons. The number of benzene rings is 5. The summed E-state index contributed by atoms with van der Waals surface area (Å²) in [5, 5.41) is 0. The Bertz CT molecular complexity index is 1830. The summed E-state index contributed by atoms with van der Waals surface area (Å²) >= 11 is 0. The maximum absolute atomic E-state index is 11.5. The number of hydrogen-bond acceptors (Lipinski definition) is 4. The molecule has 0 amide bonds. The van der Waals surface area contributed by atoms with Crippen molar-refractivity contribution in [1.82, 2.24) is 0 Å². The number of carbonyl (C=O) groups excluding carboxylic acids is 2. The average molecular weight is 607 g/mol. The van der Waals surface area contributed by atoms with Gasteiger partial charge >= 0.3 is 0 Å². The lowest BCUT2D eigenvalue weighted by atomic mass is 9.77. The van der Waals surface area contributed by atoms with Crippen molar-refractivity contribution in [3.63, 3.8) is 0 Å². The van der Waals surface area contributed by atoms with Crippen LogP contribution in [0.15, 0.2) is 84.9 Å². The van der Waals surface area contributed by atoms with Crippen molar-refractivity contribution in [1.29, 1.82) is 0 Å². The monoisotopic (exact) mass is 606 g/mol. The molecule has 2 aliphatic carbocycles. The summed E-state index contributed by atoms with van der Waals surface area (Å²) in [5.74, 6) is 1.86. The molecule has 0 aromatic heterocycles. The molecule has 7 rings (SSSR count). The van der Waals surface area contributed by atoms with Gasteiger partial charge in [0.1, 0.15) is 11.5 Å². The minimum Gasteiger partial charge on any atom is -0.496 e. The third kappa shape index (κ3) is 5.32. The Morgan fingerprint density at radius 2 is 0.913 bits per heavy atom. The first-order valence-electron chi connectivity index (χ1n) is 16.3. The van der Waals surface area contributed by atoms with Crippen LogP contribution in [0.5, 0.6) is 11.5 Å². The van der Waals surface area contributed by atoms with Crippen molar-refractivity contribution >= 4 is 12.6 Å². The Kier molecular flexibility index (Phi) is 8.28. The maximum atomic E-state index is 11.5. The Morgan fingerprint density at radius 3 is 1.33 bits per heavy atom. The van der Waals surface area contributed by atoms with E-state index in [2.05, 4.69) is 60.7 Å². The van der Waals surface area contributed by atoms with Crippen LogP contribution < -0.4 is 9.47 Å². The van der Waals surface area contributed by atoms with Gasteiger partial charge in [0.05, 0.1) is 14.2 Å².